The predicted molar refractivity (Wildman–Crippen MR) is 111 cm³/mol. The Morgan fingerprint density at radius 3 is 2.52 bits per heavy atom. The molecule has 0 bridgehead atoms. The predicted octanol–water partition coefficient (Wildman–Crippen LogP) is 4.53. The molecule has 0 saturated carbocycles. The highest BCUT2D eigenvalue weighted by atomic mass is 35.5. The van der Waals surface area contributed by atoms with Gasteiger partial charge < -0.3 is 9.47 Å². The molecule has 2 aromatic rings. The maximum absolute atomic E-state index is 12.0. The average molecular weight is 406 g/mol. The second kappa shape index (κ2) is 8.26. The van der Waals surface area contributed by atoms with Crippen LogP contribution in [0, 0.1) is 0 Å². The van der Waals surface area contributed by atoms with Gasteiger partial charge in [-0.1, -0.05) is 23.2 Å². The molecular formula is C21H25Cl2N3O. The van der Waals surface area contributed by atoms with E-state index in [4.69, 9.17) is 23.2 Å². The molecule has 0 atom stereocenters. The summed E-state index contributed by atoms with van der Waals surface area (Å²) in [7, 11) is 0. The first-order chi connectivity index (χ1) is 13.1. The number of aryl methyl sites for hydroxylation is 1. The van der Waals surface area contributed by atoms with E-state index >= 15 is 0 Å². The van der Waals surface area contributed by atoms with Crippen molar-refractivity contribution in [3.8, 4) is 0 Å². The molecule has 2 heterocycles. The Bertz CT molecular complexity index is 825. The Morgan fingerprint density at radius 1 is 0.926 bits per heavy atom. The molecule has 1 fully saturated rings. The van der Waals surface area contributed by atoms with Crippen molar-refractivity contribution in [2.75, 3.05) is 37.6 Å². The summed E-state index contributed by atoms with van der Waals surface area (Å²) in [5.41, 5.74) is 3.35. The smallest absolute Gasteiger partial charge is 0.164 e. The third kappa shape index (κ3) is 4.18. The summed E-state index contributed by atoms with van der Waals surface area (Å²) in [5, 5.41) is 1.22. The van der Waals surface area contributed by atoms with Crippen LogP contribution in [0.5, 0.6) is 0 Å². The van der Waals surface area contributed by atoms with Crippen LogP contribution in [-0.4, -0.2) is 48.0 Å². The van der Waals surface area contributed by atoms with Gasteiger partial charge in [-0.2, -0.15) is 0 Å². The average Bonchev–Trinajstić information content (AvgIpc) is 3.09. The van der Waals surface area contributed by atoms with E-state index in [2.05, 4.69) is 20.6 Å². The zero-order valence-electron chi connectivity index (χ0n) is 15.5. The van der Waals surface area contributed by atoms with E-state index in [0.29, 0.717) is 22.2 Å². The van der Waals surface area contributed by atoms with E-state index < -0.39 is 0 Å². The molecule has 0 spiro atoms. The standard InChI is InChI=1S/C21H25Cl2N3O/c22-18-6-5-16(15-19(18)23)25-13-11-24(12-14-25)8-2-9-26-10-7-17-20(26)3-1-4-21(17)27/h5-7,10,15H,1-4,8-9,11-14H2. The SMILES string of the molecule is O=C1CCCc2c1ccn2CCCN1CCN(c2ccc(Cl)c(Cl)c2)CC1. The Kier molecular flexibility index (Phi) is 5.76. The van der Waals surface area contributed by atoms with Crippen LogP contribution in [0.1, 0.15) is 35.3 Å². The van der Waals surface area contributed by atoms with Crippen LogP contribution in [0.25, 0.3) is 0 Å². The summed E-state index contributed by atoms with van der Waals surface area (Å²) in [5.74, 6) is 0.313. The number of nitrogens with zero attached hydrogens (tertiary/aromatic N) is 3. The number of carbonyl (C=O) groups excluding carboxylic acids is 1. The van der Waals surface area contributed by atoms with Crippen molar-refractivity contribution < 1.29 is 4.79 Å². The van der Waals surface area contributed by atoms with E-state index in [1.165, 1.54) is 5.69 Å². The molecule has 0 N–H and O–H groups in total. The number of rotatable bonds is 5. The van der Waals surface area contributed by atoms with Gasteiger partial charge in [0.1, 0.15) is 0 Å². The quantitative estimate of drug-likeness (QED) is 0.731. The van der Waals surface area contributed by atoms with Crippen LogP contribution in [0.2, 0.25) is 10.0 Å². The van der Waals surface area contributed by atoms with Crippen molar-refractivity contribution in [3.05, 3.63) is 51.8 Å². The topological polar surface area (TPSA) is 28.5 Å². The summed E-state index contributed by atoms with van der Waals surface area (Å²) < 4.78 is 2.29. The van der Waals surface area contributed by atoms with Gasteiger partial charge in [0.05, 0.1) is 10.0 Å². The number of ketones is 1. The molecule has 0 radical (unpaired) electrons. The summed E-state index contributed by atoms with van der Waals surface area (Å²) >= 11 is 12.2. The van der Waals surface area contributed by atoms with Crippen LogP contribution in [0.4, 0.5) is 5.69 Å². The molecule has 1 aromatic heterocycles. The molecule has 4 rings (SSSR count). The Morgan fingerprint density at radius 2 is 1.74 bits per heavy atom. The Labute approximate surface area is 170 Å². The fourth-order valence-electron chi connectivity index (χ4n) is 4.17. The van der Waals surface area contributed by atoms with Gasteiger partial charge in [0.25, 0.3) is 0 Å². The highest BCUT2D eigenvalue weighted by Crippen LogP contribution is 2.28. The zero-order chi connectivity index (χ0) is 18.8. The van der Waals surface area contributed by atoms with E-state index in [-0.39, 0.29) is 0 Å². The third-order valence-corrected chi connectivity index (χ3v) is 6.45. The lowest BCUT2D eigenvalue weighted by Crippen LogP contribution is -2.46. The molecule has 1 saturated heterocycles. The van der Waals surface area contributed by atoms with Crippen molar-refractivity contribution in [3.63, 3.8) is 0 Å². The summed E-state index contributed by atoms with van der Waals surface area (Å²) in [6.07, 6.45) is 5.95. The zero-order valence-corrected chi connectivity index (χ0v) is 17.0. The van der Waals surface area contributed by atoms with Crippen LogP contribution in [0.3, 0.4) is 0 Å². The first-order valence-corrected chi connectivity index (χ1v) is 10.5. The van der Waals surface area contributed by atoms with Gasteiger partial charge in [0.15, 0.2) is 5.78 Å². The molecule has 6 heteroatoms. The fraction of sp³-hybridized carbons (Fsp3) is 0.476. The van der Waals surface area contributed by atoms with E-state index in [1.807, 2.05) is 24.3 Å². The van der Waals surface area contributed by atoms with Gasteiger partial charge in [-0.3, -0.25) is 9.69 Å². The van der Waals surface area contributed by atoms with Gasteiger partial charge in [-0.15, -0.1) is 0 Å². The largest absolute Gasteiger partial charge is 0.369 e. The number of halogens is 2. The number of aromatic nitrogens is 1. The van der Waals surface area contributed by atoms with Gasteiger partial charge in [-0.05, 0) is 50.1 Å². The number of hydrogen-bond acceptors (Lipinski definition) is 3. The molecule has 1 aromatic carbocycles. The van der Waals surface area contributed by atoms with Crippen molar-refractivity contribution in [1.29, 1.82) is 0 Å². The molecular weight excluding hydrogens is 381 g/mol. The van der Waals surface area contributed by atoms with E-state index in [1.54, 1.807) is 0 Å². The van der Waals surface area contributed by atoms with Gasteiger partial charge >= 0.3 is 0 Å². The molecule has 4 nitrogen and oxygen atoms in total. The molecule has 0 amide bonds. The molecule has 0 unspecified atom stereocenters. The number of Topliss-reactive ketones (excluding diaryl/α,β-unsaturated/α-hetero) is 1. The summed E-state index contributed by atoms with van der Waals surface area (Å²) in [4.78, 5) is 16.9. The number of fused-ring (bicyclic) bond motifs is 1. The van der Waals surface area contributed by atoms with E-state index in [0.717, 1.165) is 69.8 Å². The minimum absolute atomic E-state index is 0.313. The van der Waals surface area contributed by atoms with Gasteiger partial charge in [0.2, 0.25) is 0 Å². The van der Waals surface area contributed by atoms with Crippen molar-refractivity contribution >= 4 is 34.7 Å². The maximum atomic E-state index is 12.0. The van der Waals surface area contributed by atoms with Crippen LogP contribution >= 0.6 is 23.2 Å². The van der Waals surface area contributed by atoms with Gasteiger partial charge in [0, 0.05) is 62.3 Å². The minimum Gasteiger partial charge on any atom is -0.369 e. The van der Waals surface area contributed by atoms with Crippen LogP contribution in [-0.2, 0) is 13.0 Å². The van der Waals surface area contributed by atoms with E-state index in [9.17, 15) is 4.79 Å². The Balaban J connectivity index is 1.25. The first kappa shape index (κ1) is 18.9. The number of benzene rings is 1. The molecule has 144 valence electrons. The highest BCUT2D eigenvalue weighted by molar-refractivity contribution is 6.42. The van der Waals surface area contributed by atoms with Gasteiger partial charge in [-0.25, -0.2) is 0 Å². The number of hydrogen-bond donors (Lipinski definition) is 0. The number of carbonyl (C=O) groups is 1. The van der Waals surface area contributed by atoms with Crippen molar-refractivity contribution in [1.82, 2.24) is 9.47 Å². The highest BCUT2D eigenvalue weighted by Gasteiger charge is 2.21. The lowest BCUT2D eigenvalue weighted by molar-refractivity contribution is 0.0971. The summed E-state index contributed by atoms with van der Waals surface area (Å²) in [6.45, 7) is 6.22. The lowest BCUT2D eigenvalue weighted by atomic mass is 9.97. The maximum Gasteiger partial charge on any atom is 0.164 e. The van der Waals surface area contributed by atoms with Crippen molar-refractivity contribution in [2.24, 2.45) is 0 Å². The monoisotopic (exact) mass is 405 g/mol. The summed E-state index contributed by atoms with van der Waals surface area (Å²) in [6, 6.07) is 7.87. The van der Waals surface area contributed by atoms with Crippen LogP contribution in [0.15, 0.2) is 30.5 Å². The molecule has 1 aliphatic heterocycles. The lowest BCUT2D eigenvalue weighted by Gasteiger charge is -2.36. The fourth-order valence-corrected chi connectivity index (χ4v) is 4.47. The minimum atomic E-state index is 0.313. The normalized spacial score (nSPS) is 18.0. The molecule has 1 aliphatic carbocycles. The third-order valence-electron chi connectivity index (χ3n) is 5.71. The second-order valence-corrected chi connectivity index (χ2v) is 8.24. The van der Waals surface area contributed by atoms with Crippen molar-refractivity contribution in [2.45, 2.75) is 32.2 Å². The second-order valence-electron chi connectivity index (χ2n) is 7.43. The molecule has 27 heavy (non-hydrogen) atoms. The van der Waals surface area contributed by atoms with Crippen LogP contribution < -0.4 is 4.90 Å². The molecule has 2 aliphatic rings. The first-order valence-electron chi connectivity index (χ1n) is 9.75. The Hall–Kier alpha value is -1.49. The number of piperazine rings is 1. The number of anilines is 1.